The van der Waals surface area contributed by atoms with Gasteiger partial charge in [-0.1, -0.05) is 13.8 Å². The number of nitrogens with one attached hydrogen (secondary N) is 2. The third-order valence-electron chi connectivity index (χ3n) is 2.34. The van der Waals surface area contributed by atoms with Crippen LogP contribution in [-0.4, -0.2) is 17.7 Å². The number of fused-ring (bicyclic) bond motifs is 1. The standard InChI is InChI=1S/C11H16N2OS2/c1-6(2)12-7(3)9-4-8-11(16-9)15-5-10(14)13-8/h4,6-7,12H,5H2,1-3H3,(H,13,14). The van der Waals surface area contributed by atoms with Crippen LogP contribution in [0.5, 0.6) is 0 Å². The Morgan fingerprint density at radius 1 is 1.44 bits per heavy atom. The molecule has 2 N–H and O–H groups in total. The molecule has 3 nitrogen and oxygen atoms in total. The highest BCUT2D eigenvalue weighted by Crippen LogP contribution is 2.40. The van der Waals surface area contributed by atoms with Gasteiger partial charge in [0, 0.05) is 17.0 Å². The summed E-state index contributed by atoms with van der Waals surface area (Å²) in [7, 11) is 0. The van der Waals surface area contributed by atoms with Crippen LogP contribution in [-0.2, 0) is 4.79 Å². The third-order valence-corrected chi connectivity index (χ3v) is 4.94. The second-order valence-corrected chi connectivity index (χ2v) is 6.56. The van der Waals surface area contributed by atoms with E-state index >= 15 is 0 Å². The van der Waals surface area contributed by atoms with E-state index in [0.29, 0.717) is 17.8 Å². The Kier molecular flexibility index (Phi) is 3.56. The van der Waals surface area contributed by atoms with Crippen LogP contribution >= 0.6 is 23.1 Å². The first-order chi connectivity index (χ1) is 7.56. The maximum atomic E-state index is 11.2. The lowest BCUT2D eigenvalue weighted by Crippen LogP contribution is -2.25. The zero-order valence-corrected chi connectivity index (χ0v) is 11.3. The van der Waals surface area contributed by atoms with Crippen molar-refractivity contribution in [3.05, 3.63) is 10.9 Å². The molecule has 0 radical (unpaired) electrons. The molecule has 0 bridgehead atoms. The molecule has 1 aliphatic rings. The highest BCUT2D eigenvalue weighted by molar-refractivity contribution is 8.02. The van der Waals surface area contributed by atoms with Crippen LogP contribution in [0.15, 0.2) is 10.3 Å². The Balaban J connectivity index is 2.15. The third kappa shape index (κ3) is 2.59. The van der Waals surface area contributed by atoms with Gasteiger partial charge in [-0.3, -0.25) is 4.79 Å². The summed E-state index contributed by atoms with van der Waals surface area (Å²) in [6, 6.07) is 2.90. The maximum Gasteiger partial charge on any atom is 0.234 e. The van der Waals surface area contributed by atoms with Crippen LogP contribution in [0.4, 0.5) is 5.69 Å². The molecule has 0 aromatic carbocycles. The number of rotatable bonds is 3. The second kappa shape index (κ2) is 4.77. The molecule has 1 atom stereocenters. The lowest BCUT2D eigenvalue weighted by Gasteiger charge is -2.14. The van der Waals surface area contributed by atoms with Crippen LogP contribution in [0.3, 0.4) is 0 Å². The second-order valence-electron chi connectivity index (χ2n) is 4.23. The molecule has 5 heteroatoms. The summed E-state index contributed by atoms with van der Waals surface area (Å²) in [5, 5.41) is 6.38. The van der Waals surface area contributed by atoms with Gasteiger partial charge in [0.15, 0.2) is 0 Å². The molecule has 1 aromatic heterocycles. The van der Waals surface area contributed by atoms with E-state index in [0.717, 1.165) is 5.69 Å². The molecule has 1 amide bonds. The minimum absolute atomic E-state index is 0.103. The molecule has 2 rings (SSSR count). The van der Waals surface area contributed by atoms with Gasteiger partial charge in [0.25, 0.3) is 0 Å². The Hall–Kier alpha value is -0.520. The minimum Gasteiger partial charge on any atom is -0.324 e. The smallest absolute Gasteiger partial charge is 0.234 e. The number of amides is 1. The first kappa shape index (κ1) is 12.0. The SMILES string of the molecule is CC(C)NC(C)c1cc2c(s1)SCC(=O)N2. The van der Waals surface area contributed by atoms with Crippen molar-refractivity contribution in [2.75, 3.05) is 11.1 Å². The molecule has 88 valence electrons. The number of thiophene rings is 1. The summed E-state index contributed by atoms with van der Waals surface area (Å²) in [5.74, 6) is 0.644. The van der Waals surface area contributed by atoms with Crippen LogP contribution in [0.25, 0.3) is 0 Å². The van der Waals surface area contributed by atoms with Gasteiger partial charge < -0.3 is 10.6 Å². The summed E-state index contributed by atoms with van der Waals surface area (Å²) in [6.07, 6.45) is 0. The van der Waals surface area contributed by atoms with Gasteiger partial charge in [0.05, 0.1) is 15.6 Å². The molecule has 16 heavy (non-hydrogen) atoms. The normalized spacial score (nSPS) is 17.1. The fourth-order valence-electron chi connectivity index (χ4n) is 1.70. The predicted octanol–water partition coefficient (Wildman–Crippen LogP) is 2.85. The number of anilines is 1. The lowest BCUT2D eigenvalue weighted by molar-refractivity contribution is -0.113. The highest BCUT2D eigenvalue weighted by atomic mass is 32.2. The molecule has 1 aliphatic heterocycles. The number of carbonyl (C=O) groups is 1. The largest absolute Gasteiger partial charge is 0.324 e. The van der Waals surface area contributed by atoms with E-state index in [2.05, 4.69) is 37.5 Å². The first-order valence-corrected chi connectivity index (χ1v) is 7.19. The zero-order chi connectivity index (χ0) is 11.7. The Bertz CT molecular complexity index is 401. The van der Waals surface area contributed by atoms with Crippen molar-refractivity contribution >= 4 is 34.7 Å². The van der Waals surface area contributed by atoms with Gasteiger partial charge in [-0.05, 0) is 13.0 Å². The van der Waals surface area contributed by atoms with Crippen LogP contribution in [0, 0.1) is 0 Å². The topological polar surface area (TPSA) is 41.1 Å². The van der Waals surface area contributed by atoms with Crippen molar-refractivity contribution < 1.29 is 4.79 Å². The van der Waals surface area contributed by atoms with Crippen molar-refractivity contribution in [2.45, 2.75) is 37.1 Å². The first-order valence-electron chi connectivity index (χ1n) is 5.38. The monoisotopic (exact) mass is 256 g/mol. The Morgan fingerprint density at radius 3 is 2.88 bits per heavy atom. The molecule has 1 unspecified atom stereocenters. The van der Waals surface area contributed by atoms with E-state index in [1.807, 2.05) is 0 Å². The molecule has 0 saturated heterocycles. The van der Waals surface area contributed by atoms with Gasteiger partial charge in [-0.2, -0.15) is 0 Å². The number of thioether (sulfide) groups is 1. The predicted molar refractivity (Wildman–Crippen MR) is 70.4 cm³/mol. The van der Waals surface area contributed by atoms with Crippen LogP contribution < -0.4 is 10.6 Å². The molecular formula is C11H16N2OS2. The Labute approximate surface area is 104 Å². The van der Waals surface area contributed by atoms with E-state index in [-0.39, 0.29) is 5.91 Å². The van der Waals surface area contributed by atoms with Gasteiger partial charge >= 0.3 is 0 Å². The van der Waals surface area contributed by atoms with Crippen molar-refractivity contribution in [1.82, 2.24) is 5.32 Å². The Morgan fingerprint density at radius 2 is 2.19 bits per heavy atom. The summed E-state index contributed by atoms with van der Waals surface area (Å²) in [6.45, 7) is 6.44. The molecular weight excluding hydrogens is 240 g/mol. The molecule has 0 saturated carbocycles. The summed E-state index contributed by atoms with van der Waals surface area (Å²) < 4.78 is 1.23. The van der Waals surface area contributed by atoms with Crippen molar-refractivity contribution in [3.8, 4) is 0 Å². The maximum absolute atomic E-state index is 11.2. The van der Waals surface area contributed by atoms with Gasteiger partial charge in [-0.25, -0.2) is 0 Å². The number of hydrogen-bond acceptors (Lipinski definition) is 4. The quantitative estimate of drug-likeness (QED) is 0.873. The molecule has 0 spiro atoms. The van der Waals surface area contributed by atoms with E-state index in [4.69, 9.17) is 0 Å². The van der Waals surface area contributed by atoms with E-state index in [1.165, 1.54) is 9.09 Å². The molecule has 0 aliphatic carbocycles. The fourth-order valence-corrected chi connectivity index (χ4v) is 3.86. The average Bonchev–Trinajstić information content (AvgIpc) is 2.59. The summed E-state index contributed by atoms with van der Waals surface area (Å²) in [4.78, 5) is 12.5. The number of hydrogen-bond donors (Lipinski definition) is 2. The van der Waals surface area contributed by atoms with Crippen molar-refractivity contribution in [1.29, 1.82) is 0 Å². The van der Waals surface area contributed by atoms with Crippen LogP contribution in [0.2, 0.25) is 0 Å². The van der Waals surface area contributed by atoms with Crippen LogP contribution in [0.1, 0.15) is 31.7 Å². The number of carbonyl (C=O) groups excluding carboxylic acids is 1. The van der Waals surface area contributed by atoms with E-state index < -0.39 is 0 Å². The summed E-state index contributed by atoms with van der Waals surface area (Å²) >= 11 is 3.41. The van der Waals surface area contributed by atoms with Crippen molar-refractivity contribution in [3.63, 3.8) is 0 Å². The van der Waals surface area contributed by atoms with E-state index in [1.54, 1.807) is 23.1 Å². The lowest BCUT2D eigenvalue weighted by atomic mass is 10.2. The highest BCUT2D eigenvalue weighted by Gasteiger charge is 2.20. The molecule has 2 heterocycles. The summed E-state index contributed by atoms with van der Waals surface area (Å²) in [5.41, 5.74) is 0.985. The van der Waals surface area contributed by atoms with E-state index in [9.17, 15) is 4.79 Å². The minimum atomic E-state index is 0.103. The molecule has 1 aromatic rings. The van der Waals surface area contributed by atoms with Gasteiger partial charge in [0.2, 0.25) is 5.91 Å². The average molecular weight is 256 g/mol. The van der Waals surface area contributed by atoms with Crippen molar-refractivity contribution in [2.24, 2.45) is 0 Å². The van der Waals surface area contributed by atoms with Gasteiger partial charge in [0.1, 0.15) is 0 Å². The van der Waals surface area contributed by atoms with Gasteiger partial charge in [-0.15, -0.1) is 23.1 Å². The molecule has 0 fully saturated rings. The fraction of sp³-hybridized carbons (Fsp3) is 0.545. The zero-order valence-electron chi connectivity index (χ0n) is 9.66.